The number of carbonyl (C=O) groups is 2. The number of carbonyl (C=O) groups excluding carboxylic acids is 2. The molecule has 46 heavy (non-hydrogen) atoms. The van der Waals surface area contributed by atoms with E-state index in [-0.39, 0.29) is 28.1 Å². The average molecular weight is 708 g/mol. The average Bonchev–Trinajstić information content (AvgIpc) is 3.89. The van der Waals surface area contributed by atoms with Gasteiger partial charge in [-0.2, -0.15) is 0 Å². The van der Waals surface area contributed by atoms with E-state index < -0.39 is 5.92 Å². The van der Waals surface area contributed by atoms with Crippen molar-refractivity contribution in [3.05, 3.63) is 118 Å². The maximum Gasteiger partial charge on any atom is 2.00 e. The minimum absolute atomic E-state index is 0. The number of halogens is 1. The summed E-state index contributed by atoms with van der Waals surface area (Å²) in [6, 6.07) is 27.7. The van der Waals surface area contributed by atoms with Crippen molar-refractivity contribution in [2.45, 2.75) is 25.2 Å². The summed E-state index contributed by atoms with van der Waals surface area (Å²) in [5.74, 6) is -1.09. The molecule has 0 N–H and O–H groups in total. The summed E-state index contributed by atoms with van der Waals surface area (Å²) in [7, 11) is 0. The summed E-state index contributed by atoms with van der Waals surface area (Å²) in [4.78, 5) is 47.1. The molecule has 8 rings (SSSR count). The number of benzene rings is 2. The largest absolute Gasteiger partial charge is 2.00 e. The van der Waals surface area contributed by atoms with Gasteiger partial charge in [-0.15, -0.1) is 22.1 Å². The Morgan fingerprint density at radius 1 is 0.565 bits per heavy atom. The molecule has 3 aliphatic rings. The Balaban J connectivity index is 0.00000338. The molecule has 5 aromatic rings. The first-order chi connectivity index (χ1) is 22.0. The standard InChI is InChI=1S/C38H25BrN4O2.Ni/c39-38-30-20-18-26(42-30)34(22-8-3-1-4-9-22)24-14-16-28(40-24)36(37-32(44)12-7-13-33(37)45)29-17-15-25(41-29)35(23-10-5-2-6-11-23)27-19-21-31(38)43-27;/h1-6,8-11,14-21,37H,7,12-13H2;/q-2;+2. The normalized spacial score (nSPS) is 14.5. The van der Waals surface area contributed by atoms with Crippen LogP contribution >= 0.6 is 15.9 Å². The Morgan fingerprint density at radius 3 is 1.43 bits per heavy atom. The number of nitrogens with zero attached hydrogens (tertiary/aromatic N) is 4. The maximum atomic E-state index is 13.4. The van der Waals surface area contributed by atoms with Crippen molar-refractivity contribution in [2.75, 3.05) is 0 Å². The number of hydrogen-bond acceptors (Lipinski definition) is 4. The van der Waals surface area contributed by atoms with Gasteiger partial charge in [0.25, 0.3) is 0 Å². The monoisotopic (exact) mass is 706 g/mol. The van der Waals surface area contributed by atoms with Gasteiger partial charge < -0.3 is 9.97 Å². The molecule has 0 amide bonds. The Hall–Kier alpha value is -4.65. The minimum atomic E-state index is -0.915. The molecule has 1 fully saturated rings. The molecular formula is C38H25BrN4NiO2. The first-order valence-electron chi connectivity index (χ1n) is 14.9. The van der Waals surface area contributed by atoms with E-state index in [1.165, 1.54) is 0 Å². The summed E-state index contributed by atoms with van der Waals surface area (Å²) in [6.07, 6.45) is 9.21. The second-order valence-electron chi connectivity index (χ2n) is 11.3. The van der Waals surface area contributed by atoms with Gasteiger partial charge in [-0.3, -0.25) is 9.59 Å². The SMILES string of the molecule is O=C1CCCC(=O)C1c1c2ccc([n-]2)c(-c2ccccc2)c2nc(c(Br)c3nc(c(-c4ccccc4)c4ccc1[n-]4)C=C3)C=C2.[Ni+2]. The summed E-state index contributed by atoms with van der Waals surface area (Å²) in [6.45, 7) is 0. The fourth-order valence-electron chi connectivity index (χ4n) is 6.40. The van der Waals surface area contributed by atoms with E-state index in [0.29, 0.717) is 46.9 Å². The number of aromatic nitrogens is 4. The van der Waals surface area contributed by atoms with Gasteiger partial charge in [-0.1, -0.05) is 90.5 Å². The van der Waals surface area contributed by atoms with Crippen molar-refractivity contribution in [3.63, 3.8) is 0 Å². The number of fused-ring (bicyclic) bond motifs is 8. The van der Waals surface area contributed by atoms with Gasteiger partial charge in [0.15, 0.2) is 0 Å². The molecule has 8 bridgehead atoms. The first-order valence-corrected chi connectivity index (χ1v) is 15.7. The van der Waals surface area contributed by atoms with Crippen LogP contribution in [0.3, 0.4) is 0 Å². The predicted molar refractivity (Wildman–Crippen MR) is 182 cm³/mol. The Morgan fingerprint density at radius 2 is 0.978 bits per heavy atom. The molecule has 0 unspecified atom stereocenters. The van der Waals surface area contributed by atoms with Crippen LogP contribution in [0.15, 0.2) is 89.4 Å². The van der Waals surface area contributed by atoms with Crippen LogP contribution in [0.1, 0.15) is 53.5 Å². The first kappa shape index (κ1) is 30.0. The van der Waals surface area contributed by atoms with Crippen LogP contribution < -0.4 is 9.97 Å². The van der Waals surface area contributed by atoms with Crippen LogP contribution in [-0.4, -0.2) is 21.5 Å². The van der Waals surface area contributed by atoms with Crippen LogP contribution in [0.4, 0.5) is 0 Å². The van der Waals surface area contributed by atoms with E-state index >= 15 is 0 Å². The smallest absolute Gasteiger partial charge is 0.657 e. The third-order valence-electron chi connectivity index (χ3n) is 8.49. The van der Waals surface area contributed by atoms with Crippen LogP contribution in [0.5, 0.6) is 0 Å². The van der Waals surface area contributed by atoms with Gasteiger partial charge in [0, 0.05) is 12.8 Å². The number of rotatable bonds is 3. The van der Waals surface area contributed by atoms with Gasteiger partial charge in [-0.05, 0) is 68.9 Å². The van der Waals surface area contributed by atoms with Gasteiger partial charge in [-0.25, -0.2) is 9.97 Å². The molecule has 0 atom stereocenters. The molecule has 1 aliphatic carbocycles. The fourth-order valence-corrected chi connectivity index (χ4v) is 6.84. The van der Waals surface area contributed by atoms with Crippen molar-refractivity contribution in [1.29, 1.82) is 0 Å². The zero-order valence-corrected chi connectivity index (χ0v) is 27.0. The zero-order chi connectivity index (χ0) is 30.5. The second-order valence-corrected chi connectivity index (χ2v) is 12.1. The van der Waals surface area contributed by atoms with Gasteiger partial charge >= 0.3 is 16.5 Å². The molecule has 8 heteroatoms. The molecule has 6 nitrogen and oxygen atoms in total. The zero-order valence-electron chi connectivity index (χ0n) is 24.4. The number of Topliss-reactive ketones (excluding diaryl/α,β-unsaturated/α-hetero) is 2. The van der Waals surface area contributed by atoms with E-state index in [9.17, 15) is 9.59 Å². The molecule has 2 aliphatic heterocycles. The molecule has 1 saturated carbocycles. The predicted octanol–water partition coefficient (Wildman–Crippen LogP) is 8.41. The van der Waals surface area contributed by atoms with Crippen molar-refractivity contribution < 1.29 is 26.1 Å². The molecular weight excluding hydrogens is 683 g/mol. The molecule has 0 spiro atoms. The molecule has 0 saturated heterocycles. The third-order valence-corrected chi connectivity index (χ3v) is 9.30. The van der Waals surface area contributed by atoms with E-state index in [1.54, 1.807) is 0 Å². The quantitative estimate of drug-likeness (QED) is 0.135. The minimum Gasteiger partial charge on any atom is -0.657 e. The summed E-state index contributed by atoms with van der Waals surface area (Å²) >= 11 is 3.79. The Bertz CT molecular complexity index is 2100. The van der Waals surface area contributed by atoms with Crippen molar-refractivity contribution in [1.82, 2.24) is 19.9 Å². The number of hydrogen-bond donors (Lipinski definition) is 0. The number of ketones is 2. The van der Waals surface area contributed by atoms with Gasteiger partial charge in [0.2, 0.25) is 0 Å². The Kier molecular flexibility index (Phi) is 8.01. The van der Waals surface area contributed by atoms with Gasteiger partial charge in [0.05, 0.1) is 33.2 Å². The summed E-state index contributed by atoms with van der Waals surface area (Å²) in [5.41, 5.74) is 9.74. The molecule has 0 radical (unpaired) electrons. The van der Waals surface area contributed by atoms with E-state index in [1.807, 2.05) is 109 Å². The topological polar surface area (TPSA) is 88.1 Å². The maximum absolute atomic E-state index is 13.4. The van der Waals surface area contributed by atoms with E-state index in [4.69, 9.17) is 19.9 Å². The third kappa shape index (κ3) is 5.22. The van der Waals surface area contributed by atoms with E-state index in [2.05, 4.69) is 15.9 Å². The fraction of sp³-hybridized carbons (Fsp3) is 0.105. The molecule has 226 valence electrons. The molecule has 3 aromatic heterocycles. The van der Waals surface area contributed by atoms with Gasteiger partial charge in [0.1, 0.15) is 11.6 Å². The summed E-state index contributed by atoms with van der Waals surface area (Å²) < 4.78 is 0.782. The van der Waals surface area contributed by atoms with Crippen molar-refractivity contribution in [2.24, 2.45) is 0 Å². The van der Waals surface area contributed by atoms with Crippen molar-refractivity contribution in [3.8, 4) is 22.3 Å². The van der Waals surface area contributed by atoms with Crippen molar-refractivity contribution >= 4 is 73.9 Å². The molecule has 2 aromatic carbocycles. The van der Waals surface area contributed by atoms with Crippen LogP contribution in [0.2, 0.25) is 0 Å². The molecule has 5 heterocycles. The van der Waals surface area contributed by atoms with Crippen LogP contribution in [0.25, 0.3) is 68.6 Å². The Labute approximate surface area is 283 Å². The van der Waals surface area contributed by atoms with Crippen LogP contribution in [-0.2, 0) is 26.1 Å². The second kappa shape index (κ2) is 12.3. The van der Waals surface area contributed by atoms with E-state index in [0.717, 1.165) is 49.5 Å². The van der Waals surface area contributed by atoms with Crippen LogP contribution in [0, 0.1) is 0 Å². The summed E-state index contributed by atoms with van der Waals surface area (Å²) in [5, 5.41) is 0.